The molecule has 17 heteroatoms. The number of hydrogen-bond acceptors (Lipinski definition) is 5. The molecule has 1 heterocycles. The van der Waals surface area contributed by atoms with Gasteiger partial charge in [-0.25, -0.2) is 9.48 Å². The molecule has 1 fully saturated rings. The maximum Gasteiger partial charge on any atom is 0.413 e. The minimum Gasteiger partial charge on any atom is -0.481 e. The summed E-state index contributed by atoms with van der Waals surface area (Å²) in [5.41, 5.74) is -2.59. The number of aromatic nitrogens is 2. The number of halogens is 8. The summed E-state index contributed by atoms with van der Waals surface area (Å²) < 4.78 is 72.7. The van der Waals surface area contributed by atoms with Crippen LogP contribution in [-0.4, -0.2) is 26.9 Å². The van der Waals surface area contributed by atoms with Gasteiger partial charge in [-0.2, -0.15) is 10.4 Å². The fourth-order valence-electron chi connectivity index (χ4n) is 3.75. The van der Waals surface area contributed by atoms with Crippen molar-refractivity contribution in [1.29, 1.82) is 5.26 Å². The number of anilines is 1. The first-order chi connectivity index (χ1) is 17.9. The topological polar surface area (TPSA) is 117 Å². The highest BCUT2D eigenvalue weighted by atomic mass is 35.5. The van der Waals surface area contributed by atoms with Crippen molar-refractivity contribution in [3.63, 3.8) is 0 Å². The van der Waals surface area contributed by atoms with E-state index in [9.17, 15) is 39.4 Å². The summed E-state index contributed by atoms with van der Waals surface area (Å²) in [6.45, 7) is -0.276. The summed E-state index contributed by atoms with van der Waals surface area (Å²) in [6.07, 6.45) is -1.11. The third kappa shape index (κ3) is 5.72. The third-order valence-electron chi connectivity index (χ3n) is 5.78. The van der Waals surface area contributed by atoms with Crippen molar-refractivity contribution < 1.29 is 38.9 Å². The van der Waals surface area contributed by atoms with Gasteiger partial charge in [-0.15, -0.1) is 0 Å². The number of nitrogens with zero attached hydrogens (tertiary/aromatic N) is 3. The largest absolute Gasteiger partial charge is 0.481 e. The van der Waals surface area contributed by atoms with Crippen molar-refractivity contribution in [2.24, 2.45) is 0 Å². The summed E-state index contributed by atoms with van der Waals surface area (Å²) in [4.78, 5) is 22.4. The maximum atomic E-state index is 13.4. The Bertz CT molecular complexity index is 1550. The lowest BCUT2D eigenvalue weighted by molar-refractivity contribution is -0.140. The average molecular weight is 632 g/mol. The molecule has 1 amide bonds. The average Bonchev–Trinajstić information content (AvgIpc) is 3.54. The summed E-state index contributed by atoms with van der Waals surface area (Å²) in [7, 11) is -10.2. The van der Waals surface area contributed by atoms with Crippen LogP contribution in [0.5, 0.6) is 0 Å². The molecule has 2 N–H and O–H groups in total. The van der Waals surface area contributed by atoms with E-state index in [-0.39, 0.29) is 37.1 Å². The molecule has 0 aliphatic heterocycles. The lowest BCUT2D eigenvalue weighted by atomic mass is 9.95. The summed E-state index contributed by atoms with van der Waals surface area (Å²) in [5, 5.41) is 24.1. The van der Waals surface area contributed by atoms with Gasteiger partial charge in [0, 0.05) is 5.02 Å². The van der Waals surface area contributed by atoms with Gasteiger partial charge in [0.05, 0.1) is 21.0 Å². The zero-order valence-corrected chi connectivity index (χ0v) is 22.1. The quantitative estimate of drug-likeness (QED) is 0.254. The maximum absolute atomic E-state index is 13.4. The Labute approximate surface area is 231 Å². The highest BCUT2D eigenvalue weighted by Gasteiger charge is 2.65. The number of nitriles is 1. The molecular formula is C22H14Cl3F5N4O4S. The first-order valence-corrected chi connectivity index (χ1v) is 13.6. The third-order valence-corrected chi connectivity index (χ3v) is 7.74. The molecule has 0 unspecified atom stereocenters. The fourth-order valence-corrected chi connectivity index (χ4v) is 5.34. The monoisotopic (exact) mass is 630 g/mol. The molecule has 2 aromatic carbocycles. The molecule has 1 saturated carbocycles. The predicted molar refractivity (Wildman–Crippen MR) is 134 cm³/mol. The van der Waals surface area contributed by atoms with Crippen molar-refractivity contribution >= 4 is 62.9 Å². The van der Waals surface area contributed by atoms with Crippen LogP contribution in [-0.2, 0) is 21.6 Å². The molecule has 8 nitrogen and oxygen atoms in total. The number of carboxylic acid groups (broad SMARTS) is 1. The number of benzene rings is 2. The van der Waals surface area contributed by atoms with Gasteiger partial charge in [0.25, 0.3) is 0 Å². The Morgan fingerprint density at radius 3 is 2.13 bits per heavy atom. The number of rotatable bonds is 7. The van der Waals surface area contributed by atoms with Crippen LogP contribution >= 0.6 is 45.0 Å². The van der Waals surface area contributed by atoms with Crippen LogP contribution in [0.25, 0.3) is 5.69 Å². The van der Waals surface area contributed by atoms with Crippen LogP contribution in [0.3, 0.4) is 0 Å². The van der Waals surface area contributed by atoms with E-state index in [1.54, 1.807) is 18.2 Å². The Balaban J connectivity index is 1.83. The van der Waals surface area contributed by atoms with Crippen LogP contribution in [0, 0.1) is 11.3 Å². The second-order valence-electron chi connectivity index (χ2n) is 8.52. The van der Waals surface area contributed by atoms with E-state index in [2.05, 4.69) is 10.4 Å². The van der Waals surface area contributed by atoms with Gasteiger partial charge in [0.2, 0.25) is 0 Å². The smallest absolute Gasteiger partial charge is 0.413 e. The lowest BCUT2D eigenvalue weighted by Gasteiger charge is -2.40. The second kappa shape index (κ2) is 8.88. The second-order valence-corrected chi connectivity index (χ2v) is 12.2. The molecule has 1 aliphatic rings. The fraction of sp³-hybridized carbons (Fsp3) is 0.182. The van der Waals surface area contributed by atoms with E-state index in [0.29, 0.717) is 15.3 Å². The normalized spacial score (nSPS) is 16.0. The van der Waals surface area contributed by atoms with Gasteiger partial charge in [0.1, 0.15) is 29.1 Å². The molecule has 208 valence electrons. The van der Waals surface area contributed by atoms with Gasteiger partial charge in [-0.1, -0.05) is 66.4 Å². The highest BCUT2D eigenvalue weighted by Crippen LogP contribution is 3.02. The first-order valence-electron chi connectivity index (χ1n) is 10.5. The number of carbonyl (C=O) groups excluding carboxylic acids is 1. The van der Waals surface area contributed by atoms with E-state index in [1.165, 1.54) is 12.1 Å². The summed E-state index contributed by atoms with van der Waals surface area (Å²) in [6, 6.07) is 7.70. The van der Waals surface area contributed by atoms with Gasteiger partial charge in [-0.3, -0.25) is 10.1 Å². The van der Waals surface area contributed by atoms with Crippen molar-refractivity contribution in [2.45, 2.75) is 29.8 Å². The minimum absolute atomic E-state index is 0.0296. The highest BCUT2D eigenvalue weighted by molar-refractivity contribution is 8.45. The Morgan fingerprint density at radius 1 is 1.10 bits per heavy atom. The van der Waals surface area contributed by atoms with Crippen LogP contribution < -0.4 is 5.32 Å². The molecule has 0 atom stereocenters. The number of nitrogens with one attached hydrogen (secondary N) is 1. The SMILES string of the molecule is N#Cc1nn(-c2c(Cl)cc(S(F)(F)(F)(F)F)cc2Cl)c(NC(=O)OCc2ccc(Cl)cc2)c1C1(C(=O)O)CC1. The van der Waals surface area contributed by atoms with Crippen molar-refractivity contribution in [3.8, 4) is 11.8 Å². The van der Waals surface area contributed by atoms with Gasteiger partial charge in [-0.05, 0) is 42.7 Å². The predicted octanol–water partition coefficient (Wildman–Crippen LogP) is 8.23. The number of carbonyl (C=O) groups is 2. The zero-order chi connectivity index (χ0) is 29.0. The molecule has 39 heavy (non-hydrogen) atoms. The molecule has 1 aromatic heterocycles. The molecular weight excluding hydrogens is 618 g/mol. The summed E-state index contributed by atoms with van der Waals surface area (Å²) >= 11 is 17.7. The molecule has 0 saturated heterocycles. The lowest BCUT2D eigenvalue weighted by Crippen LogP contribution is -2.24. The first kappa shape index (κ1) is 28.8. The van der Waals surface area contributed by atoms with Gasteiger partial charge in [0.15, 0.2) is 5.69 Å². The van der Waals surface area contributed by atoms with Gasteiger partial charge < -0.3 is 9.84 Å². The standard InChI is InChI=1S/C22H14Cl3F5N4O4S/c23-12-3-1-11(2-4-12)10-38-21(37)32-19-17(22(5-6-22)20(35)36)16(9-31)33-34(19)18-14(24)7-13(8-15(18)25)39(26,27,28,29)30/h1-4,7-8H,5-6,10H2,(H,32,37)(H,35,36). The molecule has 0 bridgehead atoms. The molecule has 3 aromatic rings. The van der Waals surface area contributed by atoms with Crippen molar-refractivity contribution in [1.82, 2.24) is 9.78 Å². The molecule has 1 aliphatic carbocycles. The van der Waals surface area contributed by atoms with Gasteiger partial charge >= 0.3 is 22.3 Å². The molecule has 0 radical (unpaired) electrons. The van der Waals surface area contributed by atoms with E-state index in [0.717, 1.165) is 0 Å². The minimum atomic E-state index is -10.2. The van der Waals surface area contributed by atoms with Crippen molar-refractivity contribution in [2.75, 3.05) is 5.32 Å². The summed E-state index contributed by atoms with van der Waals surface area (Å²) in [5.74, 6) is -1.87. The van der Waals surface area contributed by atoms with E-state index >= 15 is 0 Å². The van der Waals surface area contributed by atoms with E-state index in [1.807, 2.05) is 0 Å². The van der Waals surface area contributed by atoms with E-state index in [4.69, 9.17) is 39.5 Å². The van der Waals surface area contributed by atoms with Crippen LogP contribution in [0.4, 0.5) is 30.0 Å². The number of aliphatic carboxylic acids is 1. The number of carboxylic acids is 1. The van der Waals surface area contributed by atoms with E-state index < -0.39 is 59.8 Å². The Kier molecular flexibility index (Phi) is 6.55. The number of amides is 1. The Hall–Kier alpha value is -3.25. The zero-order valence-electron chi connectivity index (χ0n) is 19.0. The van der Waals surface area contributed by atoms with Crippen molar-refractivity contribution in [3.05, 3.63) is 68.3 Å². The Morgan fingerprint density at radius 2 is 1.67 bits per heavy atom. The molecule has 0 spiro atoms. The van der Waals surface area contributed by atoms with Crippen LogP contribution in [0.15, 0.2) is 41.3 Å². The molecule has 4 rings (SSSR count). The van der Waals surface area contributed by atoms with Crippen LogP contribution in [0.1, 0.15) is 29.7 Å². The number of hydrogen-bond donors (Lipinski definition) is 2. The van der Waals surface area contributed by atoms with Crippen LogP contribution in [0.2, 0.25) is 15.1 Å². The number of ether oxygens (including phenoxy) is 1.